The average Bonchev–Trinajstić information content (AvgIpc) is 3.03. The third-order valence-electron chi connectivity index (χ3n) is 7.65. The number of benzene rings is 5. The molecule has 0 aliphatic carbocycles. The van der Waals surface area contributed by atoms with Gasteiger partial charge in [-0.3, -0.25) is 4.99 Å². The van der Waals surface area contributed by atoms with Crippen molar-refractivity contribution >= 4 is 40.8 Å². The number of rotatable bonds is 5. The molecule has 0 fully saturated rings. The van der Waals surface area contributed by atoms with Gasteiger partial charge in [0, 0.05) is 67.4 Å². The van der Waals surface area contributed by atoms with Crippen LogP contribution in [-0.2, 0) is 43.2 Å². The zero-order chi connectivity index (χ0) is 36.4. The largest absolute Gasteiger partial charge is 0.507 e. The van der Waals surface area contributed by atoms with E-state index in [0.717, 1.165) is 33.6 Å². The maximum atomic E-state index is 11.1. The van der Waals surface area contributed by atoms with Gasteiger partial charge in [0.25, 0.3) is 0 Å². The van der Waals surface area contributed by atoms with E-state index in [1.54, 1.807) is 12.3 Å². The Bertz CT molecular complexity index is 1790. The molecular formula is C43H48Cl2HfN2O2-2. The zero-order valence-electron chi connectivity index (χ0n) is 30.1. The van der Waals surface area contributed by atoms with Gasteiger partial charge >= 0.3 is 0 Å². The van der Waals surface area contributed by atoms with E-state index in [9.17, 15) is 10.2 Å². The molecule has 0 unspecified atom stereocenters. The van der Waals surface area contributed by atoms with Crippen molar-refractivity contribution in [2.24, 2.45) is 4.99 Å². The first-order chi connectivity index (χ1) is 23.0. The molecule has 7 heteroatoms. The number of hydrogen-bond acceptors (Lipinski definition) is 4. The van der Waals surface area contributed by atoms with E-state index in [4.69, 9.17) is 28.2 Å². The van der Waals surface area contributed by atoms with Crippen molar-refractivity contribution in [1.82, 2.24) is 0 Å². The second-order valence-electron chi connectivity index (χ2n) is 13.9. The first kappa shape index (κ1) is 42.5. The van der Waals surface area contributed by atoms with Crippen LogP contribution in [0.25, 0.3) is 0 Å². The van der Waals surface area contributed by atoms with Crippen LogP contribution in [0.5, 0.6) is 11.5 Å². The van der Waals surface area contributed by atoms with Crippen LogP contribution in [-0.4, -0.2) is 23.5 Å². The molecule has 5 rings (SSSR count). The van der Waals surface area contributed by atoms with Crippen molar-refractivity contribution in [1.29, 1.82) is 0 Å². The first-order valence-electron chi connectivity index (χ1n) is 16.1. The molecule has 5 aromatic carbocycles. The van der Waals surface area contributed by atoms with Crippen LogP contribution >= 0.6 is 23.2 Å². The fraction of sp³-hybridized carbons (Fsp3) is 0.233. The number of phenolic OH excluding ortho intramolecular Hbond substituents is 2. The van der Waals surface area contributed by atoms with Crippen LogP contribution in [0.15, 0.2) is 114 Å². The summed E-state index contributed by atoms with van der Waals surface area (Å²) >= 11 is 12.2. The van der Waals surface area contributed by atoms with Crippen molar-refractivity contribution in [2.45, 2.75) is 58.9 Å². The Morgan fingerprint density at radius 3 is 1.70 bits per heavy atom. The zero-order valence-corrected chi connectivity index (χ0v) is 35.2. The normalized spacial score (nSPS) is 11.1. The third-order valence-corrected chi connectivity index (χ3v) is 8.16. The molecule has 0 aliphatic heterocycles. The van der Waals surface area contributed by atoms with Crippen molar-refractivity contribution in [3.8, 4) is 11.5 Å². The summed E-state index contributed by atoms with van der Waals surface area (Å²) in [5, 5.41) is 22.2. The molecule has 5 aromatic rings. The smallest absolute Gasteiger partial charge is 0.139 e. The molecule has 0 amide bonds. The van der Waals surface area contributed by atoms with Gasteiger partial charge in [0.15, 0.2) is 0 Å². The quantitative estimate of drug-likeness (QED) is 0.105. The monoisotopic (exact) mass is 874 g/mol. The minimum Gasteiger partial charge on any atom is -0.507 e. The molecule has 0 saturated carbocycles. The molecule has 0 bridgehead atoms. The van der Waals surface area contributed by atoms with Gasteiger partial charge in [-0.25, -0.2) is 0 Å². The molecular weight excluding hydrogens is 826 g/mol. The van der Waals surface area contributed by atoms with Gasteiger partial charge in [-0.2, -0.15) is 49.2 Å². The number of anilines is 1. The van der Waals surface area contributed by atoms with Crippen LogP contribution in [0.1, 0.15) is 74.9 Å². The Morgan fingerprint density at radius 1 is 0.700 bits per heavy atom. The predicted molar refractivity (Wildman–Crippen MR) is 211 cm³/mol. The topological polar surface area (TPSA) is 56.1 Å². The number of aliphatic imine (C=N–C) groups is 1. The molecule has 50 heavy (non-hydrogen) atoms. The molecule has 262 valence electrons. The number of aromatic hydroxyl groups is 2. The predicted octanol–water partition coefficient (Wildman–Crippen LogP) is 12.1. The van der Waals surface area contributed by atoms with E-state index < -0.39 is 0 Å². The Balaban J connectivity index is 0.000000475. The van der Waals surface area contributed by atoms with Gasteiger partial charge < -0.3 is 15.1 Å². The second-order valence-corrected chi connectivity index (χ2v) is 14.8. The van der Waals surface area contributed by atoms with Crippen LogP contribution < -0.4 is 4.90 Å². The molecule has 0 heterocycles. The molecule has 0 radical (unpaired) electrons. The number of para-hydroxylation sites is 2. The number of halogens is 2. The summed E-state index contributed by atoms with van der Waals surface area (Å²) in [6.45, 7) is 20.6. The van der Waals surface area contributed by atoms with E-state index in [1.807, 2.05) is 103 Å². The summed E-state index contributed by atoms with van der Waals surface area (Å²) in [5.41, 5.74) is 6.78. The maximum absolute atomic E-state index is 11.1. The summed E-state index contributed by atoms with van der Waals surface area (Å²) in [4.78, 5) is 6.74. The first-order valence-corrected chi connectivity index (χ1v) is 16.9. The van der Waals surface area contributed by atoms with Gasteiger partial charge in [0.05, 0.1) is 16.4 Å². The summed E-state index contributed by atoms with van der Waals surface area (Å²) in [7, 11) is 1.91. The summed E-state index contributed by atoms with van der Waals surface area (Å²) in [6.07, 6.45) is 1.72. The Morgan fingerprint density at radius 2 is 1.22 bits per heavy atom. The fourth-order valence-electron chi connectivity index (χ4n) is 4.83. The van der Waals surface area contributed by atoms with Crippen molar-refractivity contribution in [3.05, 3.63) is 166 Å². The molecule has 0 saturated heterocycles. The molecule has 0 aromatic heterocycles. The number of nitrogens with zero attached hydrogens (tertiary/aromatic N) is 2. The molecule has 0 aliphatic rings. The summed E-state index contributed by atoms with van der Waals surface area (Å²) in [5.74, 6) is 0.265. The van der Waals surface area contributed by atoms with Crippen LogP contribution in [0.4, 0.5) is 11.4 Å². The summed E-state index contributed by atoms with van der Waals surface area (Å²) < 4.78 is 0. The molecule has 2 N–H and O–H groups in total. The van der Waals surface area contributed by atoms with E-state index in [0.29, 0.717) is 22.7 Å². The SMILES string of the molecule is CN(Cc1cc(Cl)cc(Cl)c1O)c1ccccc1N=Cc1cc(C(C)(C)C)cc(C(C)(C)C)c1O.[CH2-]c1ccccc1.[CH2-]c1ccccc1.[Hf]. The van der Waals surface area contributed by atoms with E-state index in [1.165, 1.54) is 6.07 Å². The van der Waals surface area contributed by atoms with Gasteiger partial charge in [-0.05, 0) is 46.7 Å². The number of phenols is 2. The van der Waals surface area contributed by atoms with E-state index in [2.05, 4.69) is 61.5 Å². The standard InChI is InChI=1S/C29H34Cl2N2O2.2C7H7.Hf/c1-28(2,3)20-12-18(26(34)22(14-20)29(4,5)6)16-32-24-10-8-9-11-25(24)33(7)17-19-13-21(30)15-23(31)27(19)35;2*1-7-5-3-2-4-6-7;/h8-16,34-35H,17H2,1-7H3;2*2-6H,1H2;/q;2*-1;. The Hall–Kier alpha value is -3.64. The van der Waals surface area contributed by atoms with Crippen molar-refractivity contribution in [2.75, 3.05) is 11.9 Å². The molecule has 0 atom stereocenters. The Kier molecular flexibility index (Phi) is 16.2. The fourth-order valence-corrected chi connectivity index (χ4v) is 5.37. The summed E-state index contributed by atoms with van der Waals surface area (Å²) in [6, 6.07) is 34.8. The third kappa shape index (κ3) is 12.9. The van der Waals surface area contributed by atoms with Crippen molar-refractivity contribution in [3.63, 3.8) is 0 Å². The average molecular weight is 874 g/mol. The van der Waals surface area contributed by atoms with Crippen molar-refractivity contribution < 1.29 is 36.1 Å². The van der Waals surface area contributed by atoms with Crippen LogP contribution in [0.2, 0.25) is 10.0 Å². The van der Waals surface area contributed by atoms with Crippen LogP contribution in [0.3, 0.4) is 0 Å². The molecule has 4 nitrogen and oxygen atoms in total. The van der Waals surface area contributed by atoms with Gasteiger partial charge in [-0.1, -0.05) is 95.1 Å². The maximum Gasteiger partial charge on any atom is 0.139 e. The van der Waals surface area contributed by atoms with Crippen LogP contribution in [0, 0.1) is 13.8 Å². The van der Waals surface area contributed by atoms with E-state index in [-0.39, 0.29) is 53.2 Å². The van der Waals surface area contributed by atoms with Gasteiger partial charge in [-0.15, -0.1) is 24.3 Å². The minimum atomic E-state index is -0.216. The molecule has 0 spiro atoms. The Labute approximate surface area is 328 Å². The minimum absolute atomic E-state index is 0. The van der Waals surface area contributed by atoms with E-state index >= 15 is 0 Å². The number of hydrogen-bond donors (Lipinski definition) is 2. The van der Waals surface area contributed by atoms with Gasteiger partial charge in [0.1, 0.15) is 11.5 Å². The second kappa shape index (κ2) is 19.1. The van der Waals surface area contributed by atoms with Gasteiger partial charge in [0.2, 0.25) is 0 Å².